The topological polar surface area (TPSA) is 24.5 Å². The summed E-state index contributed by atoms with van der Waals surface area (Å²) >= 11 is 1.83. The lowest BCUT2D eigenvalue weighted by molar-refractivity contribution is 0.195. The smallest absolute Gasteiger partial charge is 0.124 e. The lowest BCUT2D eigenvalue weighted by Crippen LogP contribution is -2.45. The highest BCUT2D eigenvalue weighted by molar-refractivity contribution is 7.10. The summed E-state index contributed by atoms with van der Waals surface area (Å²) < 4.78 is 6.26. The average molecular weight is 365 g/mol. The van der Waals surface area contributed by atoms with Crippen molar-refractivity contribution in [2.24, 2.45) is 0 Å². The molecule has 1 saturated heterocycles. The fourth-order valence-electron chi connectivity index (χ4n) is 3.49. The second-order valence-electron chi connectivity index (χ2n) is 6.52. The molecular formula is C22H24N2OS. The number of hydrogen-bond donors (Lipinski definition) is 1. The van der Waals surface area contributed by atoms with E-state index in [-0.39, 0.29) is 6.04 Å². The lowest BCUT2D eigenvalue weighted by atomic mass is 10.0. The quantitative estimate of drug-likeness (QED) is 0.705. The van der Waals surface area contributed by atoms with Crippen molar-refractivity contribution in [1.82, 2.24) is 10.2 Å². The molecule has 4 heteroatoms. The van der Waals surface area contributed by atoms with Crippen LogP contribution in [-0.2, 0) is 6.61 Å². The van der Waals surface area contributed by atoms with E-state index in [1.54, 1.807) is 0 Å². The van der Waals surface area contributed by atoms with Crippen LogP contribution in [0.15, 0.2) is 72.1 Å². The van der Waals surface area contributed by atoms with Crippen LogP contribution >= 0.6 is 11.3 Å². The van der Waals surface area contributed by atoms with E-state index in [4.69, 9.17) is 4.74 Å². The monoisotopic (exact) mass is 364 g/mol. The van der Waals surface area contributed by atoms with E-state index in [0.29, 0.717) is 6.61 Å². The van der Waals surface area contributed by atoms with E-state index in [1.165, 1.54) is 16.0 Å². The zero-order valence-corrected chi connectivity index (χ0v) is 15.6. The zero-order chi connectivity index (χ0) is 17.6. The average Bonchev–Trinajstić information content (AvgIpc) is 3.23. The van der Waals surface area contributed by atoms with Crippen molar-refractivity contribution in [2.45, 2.75) is 12.6 Å². The van der Waals surface area contributed by atoms with Gasteiger partial charge in [-0.25, -0.2) is 0 Å². The van der Waals surface area contributed by atoms with E-state index in [0.717, 1.165) is 31.9 Å². The number of ether oxygens (including phenoxy) is 1. The van der Waals surface area contributed by atoms with Crippen molar-refractivity contribution in [3.63, 3.8) is 0 Å². The maximum absolute atomic E-state index is 6.26. The second kappa shape index (κ2) is 8.49. The number of hydrogen-bond acceptors (Lipinski definition) is 4. The summed E-state index contributed by atoms with van der Waals surface area (Å²) in [4.78, 5) is 3.94. The molecule has 1 fully saturated rings. The van der Waals surface area contributed by atoms with Crippen LogP contribution in [0.1, 0.15) is 22.0 Å². The maximum Gasteiger partial charge on any atom is 0.124 e. The Hall–Kier alpha value is -2.14. The van der Waals surface area contributed by atoms with Gasteiger partial charge in [-0.15, -0.1) is 11.3 Å². The maximum atomic E-state index is 6.26. The molecule has 0 saturated carbocycles. The summed E-state index contributed by atoms with van der Waals surface area (Å²) in [6.45, 7) is 4.77. The molecule has 1 N–H and O–H groups in total. The van der Waals surface area contributed by atoms with Gasteiger partial charge in [-0.2, -0.15) is 0 Å². The Labute approximate surface area is 159 Å². The van der Waals surface area contributed by atoms with Crippen LogP contribution in [0.25, 0.3) is 0 Å². The summed E-state index contributed by atoms with van der Waals surface area (Å²) in [5, 5.41) is 5.62. The minimum absolute atomic E-state index is 0.254. The number of piperazine rings is 1. The van der Waals surface area contributed by atoms with Gasteiger partial charge in [0.1, 0.15) is 12.4 Å². The fourth-order valence-corrected chi connectivity index (χ4v) is 4.37. The van der Waals surface area contributed by atoms with Gasteiger partial charge >= 0.3 is 0 Å². The highest BCUT2D eigenvalue weighted by Gasteiger charge is 2.27. The molecule has 3 aromatic rings. The second-order valence-corrected chi connectivity index (χ2v) is 7.50. The van der Waals surface area contributed by atoms with Crippen LogP contribution in [0.5, 0.6) is 5.75 Å². The normalized spacial score (nSPS) is 16.3. The van der Waals surface area contributed by atoms with Gasteiger partial charge in [-0.05, 0) is 23.1 Å². The highest BCUT2D eigenvalue weighted by Crippen LogP contribution is 2.37. The van der Waals surface area contributed by atoms with Crippen LogP contribution in [0.3, 0.4) is 0 Å². The zero-order valence-electron chi connectivity index (χ0n) is 14.8. The molecule has 0 unspecified atom stereocenters. The summed E-state index contributed by atoms with van der Waals surface area (Å²) in [5.74, 6) is 0.980. The first-order chi connectivity index (χ1) is 12.9. The Balaban J connectivity index is 1.63. The molecule has 3 nitrogen and oxygen atoms in total. The van der Waals surface area contributed by atoms with Crippen molar-refractivity contribution in [3.05, 3.63) is 88.1 Å². The van der Waals surface area contributed by atoms with Gasteiger partial charge < -0.3 is 10.1 Å². The van der Waals surface area contributed by atoms with E-state index < -0.39 is 0 Å². The Morgan fingerprint density at radius 2 is 1.69 bits per heavy atom. The molecule has 0 aliphatic carbocycles. The van der Waals surface area contributed by atoms with Crippen molar-refractivity contribution >= 4 is 11.3 Å². The molecule has 134 valence electrons. The van der Waals surface area contributed by atoms with Crippen LogP contribution in [0, 0.1) is 0 Å². The summed E-state index contributed by atoms with van der Waals surface area (Å²) in [6, 6.07) is 23.5. The molecule has 1 aromatic heterocycles. The van der Waals surface area contributed by atoms with Gasteiger partial charge in [0.15, 0.2) is 0 Å². The van der Waals surface area contributed by atoms with Crippen LogP contribution in [0.4, 0.5) is 0 Å². The third kappa shape index (κ3) is 3.98. The van der Waals surface area contributed by atoms with Gasteiger partial charge in [0, 0.05) is 36.6 Å². The van der Waals surface area contributed by atoms with E-state index >= 15 is 0 Å². The highest BCUT2D eigenvalue weighted by atomic mass is 32.1. The third-order valence-electron chi connectivity index (χ3n) is 4.78. The standard InChI is InChI=1S/C22H24N2OS/c1-2-7-18(8-3-1)17-25-20-10-5-4-9-19(20)22(21-11-6-16-26-21)24-14-12-23-13-15-24/h1-11,16,22-23H,12-15,17H2/t22-/m1/s1. The Kier molecular flexibility index (Phi) is 5.65. The molecule has 2 aromatic carbocycles. The number of benzene rings is 2. The van der Waals surface area contributed by atoms with E-state index in [9.17, 15) is 0 Å². The molecule has 0 radical (unpaired) electrons. The van der Waals surface area contributed by atoms with Crippen molar-refractivity contribution in [1.29, 1.82) is 0 Å². The van der Waals surface area contributed by atoms with Gasteiger partial charge in [-0.1, -0.05) is 54.6 Å². The summed E-state index contributed by atoms with van der Waals surface area (Å²) in [6.07, 6.45) is 0. The van der Waals surface area contributed by atoms with Gasteiger partial charge in [-0.3, -0.25) is 4.90 Å². The first kappa shape index (κ1) is 17.3. The molecule has 26 heavy (non-hydrogen) atoms. The van der Waals surface area contributed by atoms with Gasteiger partial charge in [0.25, 0.3) is 0 Å². The van der Waals surface area contributed by atoms with Crippen LogP contribution in [0.2, 0.25) is 0 Å². The van der Waals surface area contributed by atoms with Crippen molar-refractivity contribution < 1.29 is 4.74 Å². The SMILES string of the molecule is c1ccc(COc2ccccc2[C@H](c2cccs2)N2CCNCC2)cc1. The Bertz CT molecular complexity index is 798. The number of rotatable bonds is 6. The molecule has 2 heterocycles. The summed E-state index contributed by atoms with van der Waals surface area (Å²) in [5.41, 5.74) is 2.45. The Morgan fingerprint density at radius 3 is 2.46 bits per heavy atom. The van der Waals surface area contributed by atoms with Crippen molar-refractivity contribution in [2.75, 3.05) is 26.2 Å². The predicted molar refractivity (Wildman–Crippen MR) is 108 cm³/mol. The molecular weight excluding hydrogens is 340 g/mol. The molecule has 4 rings (SSSR count). The predicted octanol–water partition coefficient (Wildman–Crippen LogP) is 4.32. The van der Waals surface area contributed by atoms with Gasteiger partial charge in [0.05, 0.1) is 6.04 Å². The largest absolute Gasteiger partial charge is 0.489 e. The number of thiophene rings is 1. The third-order valence-corrected chi connectivity index (χ3v) is 5.70. The number of para-hydroxylation sites is 1. The lowest BCUT2D eigenvalue weighted by Gasteiger charge is -2.35. The van der Waals surface area contributed by atoms with E-state index in [2.05, 4.69) is 76.3 Å². The minimum Gasteiger partial charge on any atom is -0.489 e. The number of nitrogens with one attached hydrogen (secondary N) is 1. The molecule has 0 amide bonds. The van der Waals surface area contributed by atoms with Crippen LogP contribution < -0.4 is 10.1 Å². The fraction of sp³-hybridized carbons (Fsp3) is 0.273. The van der Waals surface area contributed by atoms with E-state index in [1.807, 2.05) is 17.4 Å². The molecule has 1 atom stereocenters. The first-order valence-electron chi connectivity index (χ1n) is 9.15. The first-order valence-corrected chi connectivity index (χ1v) is 10.0. The molecule has 0 spiro atoms. The minimum atomic E-state index is 0.254. The van der Waals surface area contributed by atoms with Gasteiger partial charge in [0.2, 0.25) is 0 Å². The molecule has 1 aliphatic heterocycles. The number of nitrogens with zero attached hydrogens (tertiary/aromatic N) is 1. The summed E-state index contributed by atoms with van der Waals surface area (Å²) in [7, 11) is 0. The molecule has 1 aliphatic rings. The van der Waals surface area contributed by atoms with Crippen LogP contribution in [-0.4, -0.2) is 31.1 Å². The Morgan fingerprint density at radius 1 is 0.923 bits per heavy atom. The molecule has 0 bridgehead atoms. The van der Waals surface area contributed by atoms with Crippen molar-refractivity contribution in [3.8, 4) is 5.75 Å².